The van der Waals surface area contributed by atoms with Crippen molar-refractivity contribution in [2.24, 2.45) is 0 Å². The van der Waals surface area contributed by atoms with Gasteiger partial charge in [-0.1, -0.05) is 57.5 Å². The average Bonchev–Trinajstić information content (AvgIpc) is 2.23. The summed E-state index contributed by atoms with van der Waals surface area (Å²) in [6.45, 7) is 13.4. The third kappa shape index (κ3) is 4.22. The van der Waals surface area contributed by atoms with E-state index in [0.717, 1.165) is 10.2 Å². The predicted molar refractivity (Wildman–Crippen MR) is 84.0 cm³/mol. The largest absolute Gasteiger partial charge is 0.467 e. The SMILES string of the molecule is COCOc1c(C(C)(C)C)cc(Br)cc1C(C)(C)C. The molecule has 19 heavy (non-hydrogen) atoms. The number of hydrogen-bond donors (Lipinski definition) is 0. The Morgan fingerprint density at radius 1 is 0.947 bits per heavy atom. The van der Waals surface area contributed by atoms with E-state index in [1.807, 2.05) is 0 Å². The normalized spacial score (nSPS) is 12.6. The summed E-state index contributed by atoms with van der Waals surface area (Å²) in [5.41, 5.74) is 2.44. The van der Waals surface area contributed by atoms with Gasteiger partial charge in [-0.05, 0) is 23.0 Å². The Balaban J connectivity index is 3.49. The predicted octanol–water partition coefficient (Wildman–Crippen LogP) is 5.03. The highest BCUT2D eigenvalue weighted by Crippen LogP contribution is 2.41. The fourth-order valence-corrected chi connectivity index (χ4v) is 2.44. The topological polar surface area (TPSA) is 18.5 Å². The number of hydrogen-bond acceptors (Lipinski definition) is 2. The maximum absolute atomic E-state index is 5.88. The van der Waals surface area contributed by atoms with Crippen molar-refractivity contribution in [1.82, 2.24) is 0 Å². The van der Waals surface area contributed by atoms with E-state index in [9.17, 15) is 0 Å². The molecule has 0 aliphatic rings. The summed E-state index contributed by atoms with van der Waals surface area (Å²) in [5, 5.41) is 0. The zero-order valence-electron chi connectivity index (χ0n) is 13.1. The first-order valence-electron chi connectivity index (χ1n) is 6.53. The smallest absolute Gasteiger partial charge is 0.188 e. The van der Waals surface area contributed by atoms with Crippen LogP contribution in [0.3, 0.4) is 0 Å². The number of ether oxygens (including phenoxy) is 2. The van der Waals surface area contributed by atoms with Gasteiger partial charge in [0.2, 0.25) is 0 Å². The number of halogens is 1. The third-order valence-electron chi connectivity index (χ3n) is 2.99. The highest BCUT2D eigenvalue weighted by atomic mass is 79.9. The molecule has 0 unspecified atom stereocenters. The molecule has 0 saturated heterocycles. The standard InChI is InChI=1S/C16H25BrO2/c1-15(2,3)12-8-11(17)9-13(16(4,5)6)14(12)19-10-18-7/h8-9H,10H2,1-7H3. The molecule has 1 rings (SSSR count). The Morgan fingerprint density at radius 2 is 1.37 bits per heavy atom. The van der Waals surface area contributed by atoms with Crippen LogP contribution >= 0.6 is 15.9 Å². The van der Waals surface area contributed by atoms with Gasteiger partial charge >= 0.3 is 0 Å². The molecule has 2 nitrogen and oxygen atoms in total. The number of methoxy groups -OCH3 is 1. The van der Waals surface area contributed by atoms with Crippen molar-refractivity contribution in [3.63, 3.8) is 0 Å². The molecular formula is C16H25BrO2. The molecule has 0 fully saturated rings. The van der Waals surface area contributed by atoms with Gasteiger partial charge < -0.3 is 9.47 Å². The molecular weight excluding hydrogens is 304 g/mol. The van der Waals surface area contributed by atoms with E-state index < -0.39 is 0 Å². The number of rotatable bonds is 3. The van der Waals surface area contributed by atoms with Gasteiger partial charge in [0.05, 0.1) is 0 Å². The third-order valence-corrected chi connectivity index (χ3v) is 3.45. The van der Waals surface area contributed by atoms with Crippen molar-refractivity contribution in [3.8, 4) is 5.75 Å². The molecule has 0 amide bonds. The van der Waals surface area contributed by atoms with E-state index in [-0.39, 0.29) is 17.6 Å². The van der Waals surface area contributed by atoms with Crippen LogP contribution in [0.2, 0.25) is 0 Å². The van der Waals surface area contributed by atoms with E-state index >= 15 is 0 Å². The van der Waals surface area contributed by atoms with Gasteiger partial charge in [0, 0.05) is 22.7 Å². The van der Waals surface area contributed by atoms with Crippen LogP contribution in [0.25, 0.3) is 0 Å². The summed E-state index contributed by atoms with van der Waals surface area (Å²) >= 11 is 3.61. The van der Waals surface area contributed by atoms with Gasteiger partial charge in [0.1, 0.15) is 5.75 Å². The van der Waals surface area contributed by atoms with Crippen molar-refractivity contribution in [2.75, 3.05) is 13.9 Å². The Bertz CT molecular complexity index is 404. The van der Waals surface area contributed by atoms with Crippen molar-refractivity contribution in [3.05, 3.63) is 27.7 Å². The highest BCUT2D eigenvalue weighted by Gasteiger charge is 2.27. The summed E-state index contributed by atoms with van der Waals surface area (Å²) in [6, 6.07) is 4.28. The van der Waals surface area contributed by atoms with Crippen molar-refractivity contribution in [1.29, 1.82) is 0 Å². The molecule has 1 aromatic carbocycles. The monoisotopic (exact) mass is 328 g/mol. The van der Waals surface area contributed by atoms with Crippen LogP contribution in [0.1, 0.15) is 52.7 Å². The first-order valence-corrected chi connectivity index (χ1v) is 7.33. The Morgan fingerprint density at radius 3 is 1.68 bits per heavy atom. The first-order chi connectivity index (χ1) is 8.57. The summed E-state index contributed by atoms with van der Waals surface area (Å²) in [4.78, 5) is 0. The van der Waals surface area contributed by atoms with Gasteiger partial charge in [0.15, 0.2) is 6.79 Å². The van der Waals surface area contributed by atoms with Crippen molar-refractivity contribution < 1.29 is 9.47 Å². The zero-order valence-corrected chi connectivity index (χ0v) is 14.6. The molecule has 0 saturated carbocycles. The summed E-state index contributed by atoms with van der Waals surface area (Å²) in [7, 11) is 1.65. The zero-order chi connectivity index (χ0) is 14.8. The van der Waals surface area contributed by atoms with Gasteiger partial charge in [-0.25, -0.2) is 0 Å². The van der Waals surface area contributed by atoms with Gasteiger partial charge in [-0.3, -0.25) is 0 Å². The second kappa shape index (κ2) is 5.84. The molecule has 108 valence electrons. The lowest BCUT2D eigenvalue weighted by Crippen LogP contribution is -2.20. The van der Waals surface area contributed by atoms with E-state index in [1.165, 1.54) is 11.1 Å². The fourth-order valence-electron chi connectivity index (χ4n) is 1.98. The molecule has 0 radical (unpaired) electrons. The lowest BCUT2D eigenvalue weighted by atomic mass is 9.79. The lowest BCUT2D eigenvalue weighted by Gasteiger charge is -2.29. The minimum Gasteiger partial charge on any atom is -0.467 e. The second-order valence-electron chi connectivity index (χ2n) is 6.88. The van der Waals surface area contributed by atoms with E-state index in [2.05, 4.69) is 69.6 Å². The molecule has 3 heteroatoms. The molecule has 0 N–H and O–H groups in total. The maximum atomic E-state index is 5.88. The fraction of sp³-hybridized carbons (Fsp3) is 0.625. The van der Waals surface area contributed by atoms with Crippen LogP contribution in [0.4, 0.5) is 0 Å². The first kappa shape index (κ1) is 16.5. The van der Waals surface area contributed by atoms with Crippen LogP contribution in [0.5, 0.6) is 5.75 Å². The lowest BCUT2D eigenvalue weighted by molar-refractivity contribution is 0.0484. The molecule has 0 spiro atoms. The van der Waals surface area contributed by atoms with Gasteiger partial charge in [-0.2, -0.15) is 0 Å². The van der Waals surface area contributed by atoms with Crippen LogP contribution in [-0.4, -0.2) is 13.9 Å². The Labute approximate surface area is 125 Å². The van der Waals surface area contributed by atoms with Crippen LogP contribution in [0, 0.1) is 0 Å². The van der Waals surface area contributed by atoms with Crippen LogP contribution in [0.15, 0.2) is 16.6 Å². The average molecular weight is 329 g/mol. The van der Waals surface area contributed by atoms with Gasteiger partial charge in [-0.15, -0.1) is 0 Å². The van der Waals surface area contributed by atoms with E-state index in [1.54, 1.807) is 7.11 Å². The quantitative estimate of drug-likeness (QED) is 0.724. The summed E-state index contributed by atoms with van der Waals surface area (Å²) in [5.74, 6) is 0.949. The maximum Gasteiger partial charge on any atom is 0.188 e. The second-order valence-corrected chi connectivity index (χ2v) is 7.80. The molecule has 0 aliphatic heterocycles. The molecule has 0 bridgehead atoms. The molecule has 0 aromatic heterocycles. The Hall–Kier alpha value is -0.540. The minimum absolute atomic E-state index is 0.0207. The van der Waals surface area contributed by atoms with E-state index in [0.29, 0.717) is 0 Å². The molecule has 0 aliphatic carbocycles. The highest BCUT2D eigenvalue weighted by molar-refractivity contribution is 9.10. The molecule has 0 heterocycles. The van der Waals surface area contributed by atoms with Crippen LogP contribution in [-0.2, 0) is 15.6 Å². The molecule has 0 atom stereocenters. The summed E-state index contributed by atoms with van der Waals surface area (Å²) in [6.07, 6.45) is 0. The minimum atomic E-state index is 0.0207. The van der Waals surface area contributed by atoms with Crippen molar-refractivity contribution >= 4 is 15.9 Å². The van der Waals surface area contributed by atoms with E-state index in [4.69, 9.17) is 9.47 Å². The Kier molecular flexibility index (Phi) is 5.08. The van der Waals surface area contributed by atoms with Gasteiger partial charge in [0.25, 0.3) is 0 Å². The van der Waals surface area contributed by atoms with Crippen LogP contribution < -0.4 is 4.74 Å². The molecule has 1 aromatic rings. The summed E-state index contributed by atoms with van der Waals surface area (Å²) < 4.78 is 12.0. The number of benzene rings is 1. The van der Waals surface area contributed by atoms with Crippen molar-refractivity contribution in [2.45, 2.75) is 52.4 Å².